The summed E-state index contributed by atoms with van der Waals surface area (Å²) in [6, 6.07) is 6.83. The smallest absolute Gasteiger partial charge is 0.290 e. The molecule has 0 aliphatic carbocycles. The summed E-state index contributed by atoms with van der Waals surface area (Å²) in [5, 5.41) is 10.3. The molecule has 0 radical (unpaired) electrons. The van der Waals surface area contributed by atoms with E-state index >= 15 is 0 Å². The standard InChI is InChI=1S/C19H25NO4/c1-4-7-11-20-17(13-9-8-10-14(12-13)24-6-3)16(15(21)5-2)18(22)19(20)23/h8-10,12,17,22H,4-7,11H2,1-3H3. The van der Waals surface area contributed by atoms with Crippen molar-refractivity contribution in [2.24, 2.45) is 0 Å². The highest BCUT2D eigenvalue weighted by atomic mass is 16.5. The Balaban J connectivity index is 2.48. The number of Topliss-reactive ketones (excluding diaryl/α,β-unsaturated/α-hetero) is 1. The molecule has 1 aromatic rings. The number of unbranched alkanes of at least 4 members (excludes halogenated alkanes) is 1. The Morgan fingerprint density at radius 2 is 2.04 bits per heavy atom. The highest BCUT2D eigenvalue weighted by molar-refractivity contribution is 6.08. The lowest BCUT2D eigenvalue weighted by atomic mass is 9.95. The Labute approximate surface area is 142 Å². The minimum atomic E-state index is -0.545. The van der Waals surface area contributed by atoms with Crippen LogP contribution in [-0.2, 0) is 9.59 Å². The van der Waals surface area contributed by atoms with E-state index in [0.717, 1.165) is 18.4 Å². The first-order valence-corrected chi connectivity index (χ1v) is 8.55. The van der Waals surface area contributed by atoms with Crippen LogP contribution in [0.2, 0.25) is 0 Å². The fourth-order valence-electron chi connectivity index (χ4n) is 2.98. The van der Waals surface area contributed by atoms with E-state index in [2.05, 4.69) is 0 Å². The molecular weight excluding hydrogens is 306 g/mol. The van der Waals surface area contributed by atoms with Gasteiger partial charge in [0.05, 0.1) is 18.2 Å². The first-order valence-electron chi connectivity index (χ1n) is 8.55. The molecule has 24 heavy (non-hydrogen) atoms. The third-order valence-electron chi connectivity index (χ3n) is 4.16. The van der Waals surface area contributed by atoms with E-state index in [9.17, 15) is 14.7 Å². The number of ether oxygens (including phenoxy) is 1. The van der Waals surface area contributed by atoms with Gasteiger partial charge in [0.1, 0.15) is 5.75 Å². The van der Waals surface area contributed by atoms with E-state index in [1.54, 1.807) is 11.8 Å². The number of amides is 1. The molecule has 1 amide bonds. The number of hydrogen-bond donors (Lipinski definition) is 1. The van der Waals surface area contributed by atoms with Crippen LogP contribution in [0, 0.1) is 0 Å². The van der Waals surface area contributed by atoms with E-state index in [-0.39, 0.29) is 17.8 Å². The van der Waals surface area contributed by atoms with Gasteiger partial charge in [-0.3, -0.25) is 9.59 Å². The lowest BCUT2D eigenvalue weighted by Gasteiger charge is -2.27. The molecular formula is C19H25NO4. The molecule has 1 N–H and O–H groups in total. The van der Waals surface area contributed by atoms with Gasteiger partial charge in [0, 0.05) is 13.0 Å². The lowest BCUT2D eigenvalue weighted by molar-refractivity contribution is -0.129. The maximum absolute atomic E-state index is 12.5. The highest BCUT2D eigenvalue weighted by Gasteiger charge is 2.42. The van der Waals surface area contributed by atoms with E-state index in [4.69, 9.17) is 4.74 Å². The van der Waals surface area contributed by atoms with Gasteiger partial charge in [-0.05, 0) is 31.0 Å². The zero-order valence-electron chi connectivity index (χ0n) is 14.5. The fraction of sp³-hybridized carbons (Fsp3) is 0.474. The number of carbonyl (C=O) groups is 2. The lowest BCUT2D eigenvalue weighted by Crippen LogP contribution is -2.32. The van der Waals surface area contributed by atoms with Crippen molar-refractivity contribution in [2.75, 3.05) is 13.2 Å². The molecule has 1 aliphatic rings. The van der Waals surface area contributed by atoms with E-state index < -0.39 is 17.7 Å². The van der Waals surface area contributed by atoms with Crippen molar-refractivity contribution < 1.29 is 19.4 Å². The van der Waals surface area contributed by atoms with Gasteiger partial charge in [-0.25, -0.2) is 0 Å². The molecule has 5 heteroatoms. The van der Waals surface area contributed by atoms with Crippen molar-refractivity contribution in [3.63, 3.8) is 0 Å². The summed E-state index contributed by atoms with van der Waals surface area (Å²) >= 11 is 0. The summed E-state index contributed by atoms with van der Waals surface area (Å²) in [5.74, 6) is -0.393. The van der Waals surface area contributed by atoms with Gasteiger partial charge < -0.3 is 14.7 Å². The van der Waals surface area contributed by atoms with Crippen LogP contribution in [0.4, 0.5) is 0 Å². The topological polar surface area (TPSA) is 66.8 Å². The minimum Gasteiger partial charge on any atom is -0.503 e. The molecule has 2 rings (SSSR count). The van der Waals surface area contributed by atoms with Gasteiger partial charge in [-0.15, -0.1) is 0 Å². The highest BCUT2D eigenvalue weighted by Crippen LogP contribution is 2.39. The van der Waals surface area contributed by atoms with Crippen LogP contribution < -0.4 is 4.74 Å². The van der Waals surface area contributed by atoms with Crippen LogP contribution in [0.5, 0.6) is 5.75 Å². The quantitative estimate of drug-likeness (QED) is 0.791. The van der Waals surface area contributed by atoms with Crippen LogP contribution in [0.3, 0.4) is 0 Å². The molecule has 0 bridgehead atoms. The maximum Gasteiger partial charge on any atom is 0.290 e. The van der Waals surface area contributed by atoms with Crippen LogP contribution in [0.15, 0.2) is 35.6 Å². The number of aliphatic hydroxyl groups is 1. The molecule has 0 saturated heterocycles. The van der Waals surface area contributed by atoms with Crippen LogP contribution in [0.25, 0.3) is 0 Å². The Hall–Kier alpha value is -2.30. The second-order valence-electron chi connectivity index (χ2n) is 5.80. The Bertz CT molecular complexity index is 651. The zero-order chi connectivity index (χ0) is 17.7. The summed E-state index contributed by atoms with van der Waals surface area (Å²) in [6.45, 7) is 6.71. The van der Waals surface area contributed by atoms with E-state index in [0.29, 0.717) is 18.9 Å². The Kier molecular flexibility index (Phi) is 6.01. The summed E-state index contributed by atoms with van der Waals surface area (Å²) < 4.78 is 5.53. The minimum absolute atomic E-state index is 0.201. The third kappa shape index (κ3) is 3.45. The van der Waals surface area contributed by atoms with Crippen molar-refractivity contribution in [3.8, 4) is 5.75 Å². The van der Waals surface area contributed by atoms with E-state index in [1.807, 2.05) is 38.1 Å². The number of rotatable bonds is 8. The maximum atomic E-state index is 12.5. The van der Waals surface area contributed by atoms with Crippen molar-refractivity contribution in [3.05, 3.63) is 41.2 Å². The van der Waals surface area contributed by atoms with Gasteiger partial charge in [-0.1, -0.05) is 32.4 Å². The van der Waals surface area contributed by atoms with E-state index in [1.165, 1.54) is 0 Å². The summed E-state index contributed by atoms with van der Waals surface area (Å²) in [7, 11) is 0. The number of aliphatic hydroxyl groups excluding tert-OH is 1. The van der Waals surface area contributed by atoms with Crippen molar-refractivity contribution in [2.45, 2.75) is 46.1 Å². The molecule has 5 nitrogen and oxygen atoms in total. The number of nitrogens with zero attached hydrogens (tertiary/aromatic N) is 1. The molecule has 1 heterocycles. The number of benzene rings is 1. The summed E-state index contributed by atoms with van der Waals surface area (Å²) in [4.78, 5) is 26.4. The summed E-state index contributed by atoms with van der Waals surface area (Å²) in [6.07, 6.45) is 1.98. The van der Waals surface area contributed by atoms with Crippen LogP contribution in [0.1, 0.15) is 51.6 Å². The molecule has 1 atom stereocenters. The largest absolute Gasteiger partial charge is 0.503 e. The first-order chi connectivity index (χ1) is 11.5. The second kappa shape index (κ2) is 7.99. The predicted molar refractivity (Wildman–Crippen MR) is 91.9 cm³/mol. The fourth-order valence-corrected chi connectivity index (χ4v) is 2.98. The molecule has 0 aromatic heterocycles. The van der Waals surface area contributed by atoms with Crippen molar-refractivity contribution in [1.82, 2.24) is 4.90 Å². The monoisotopic (exact) mass is 331 g/mol. The Morgan fingerprint density at radius 1 is 1.29 bits per heavy atom. The van der Waals surface area contributed by atoms with Crippen molar-refractivity contribution >= 4 is 11.7 Å². The number of carbonyl (C=O) groups excluding carboxylic acids is 2. The molecule has 0 saturated carbocycles. The first kappa shape index (κ1) is 18.0. The molecule has 1 unspecified atom stereocenters. The van der Waals surface area contributed by atoms with Crippen molar-refractivity contribution in [1.29, 1.82) is 0 Å². The van der Waals surface area contributed by atoms with Crippen LogP contribution in [-0.4, -0.2) is 34.8 Å². The van der Waals surface area contributed by atoms with Gasteiger partial charge in [0.2, 0.25) is 0 Å². The predicted octanol–water partition coefficient (Wildman–Crippen LogP) is 3.56. The number of ketones is 1. The number of hydrogen-bond acceptors (Lipinski definition) is 4. The van der Waals surface area contributed by atoms with Gasteiger partial charge >= 0.3 is 0 Å². The SMILES string of the molecule is CCCCN1C(=O)C(O)=C(C(=O)CC)C1c1cccc(OCC)c1. The molecule has 1 aromatic carbocycles. The third-order valence-corrected chi connectivity index (χ3v) is 4.16. The second-order valence-corrected chi connectivity index (χ2v) is 5.80. The molecule has 130 valence electrons. The summed E-state index contributed by atoms with van der Waals surface area (Å²) in [5.41, 5.74) is 0.985. The van der Waals surface area contributed by atoms with Gasteiger partial charge in [0.25, 0.3) is 5.91 Å². The molecule has 1 aliphatic heterocycles. The van der Waals surface area contributed by atoms with Gasteiger partial charge in [-0.2, -0.15) is 0 Å². The Morgan fingerprint density at radius 3 is 2.67 bits per heavy atom. The molecule has 0 fully saturated rings. The average Bonchev–Trinajstić information content (AvgIpc) is 2.84. The van der Waals surface area contributed by atoms with Crippen LogP contribution >= 0.6 is 0 Å². The molecule has 0 spiro atoms. The normalized spacial score (nSPS) is 17.5. The van der Waals surface area contributed by atoms with Gasteiger partial charge in [0.15, 0.2) is 11.5 Å². The zero-order valence-corrected chi connectivity index (χ0v) is 14.5. The average molecular weight is 331 g/mol.